The van der Waals surface area contributed by atoms with Crippen LogP contribution in [-0.2, 0) is 7.05 Å². The molecule has 0 saturated carbocycles. The van der Waals surface area contributed by atoms with Crippen molar-refractivity contribution >= 4 is 11.7 Å². The summed E-state index contributed by atoms with van der Waals surface area (Å²) >= 11 is 0. The van der Waals surface area contributed by atoms with Crippen molar-refractivity contribution in [1.29, 1.82) is 0 Å². The molecule has 0 radical (unpaired) electrons. The fourth-order valence-corrected chi connectivity index (χ4v) is 1.98. The van der Waals surface area contributed by atoms with Gasteiger partial charge in [0, 0.05) is 18.8 Å². The Bertz CT molecular complexity index is 465. The molecule has 0 spiro atoms. The molecule has 0 aromatic carbocycles. The Hall–Kier alpha value is -1.62. The van der Waals surface area contributed by atoms with E-state index in [4.69, 9.17) is 0 Å². The molecule has 0 atom stereocenters. The number of amides is 1. The molecule has 0 saturated heterocycles. The van der Waals surface area contributed by atoms with Crippen molar-refractivity contribution in [3.05, 3.63) is 23.5 Å². The summed E-state index contributed by atoms with van der Waals surface area (Å²) in [5.74, 6) is -0.346. The maximum Gasteiger partial charge on any atom is 0.268 e. The van der Waals surface area contributed by atoms with E-state index in [0.29, 0.717) is 24.1 Å². The van der Waals surface area contributed by atoms with E-state index in [1.807, 2.05) is 13.8 Å². The molecule has 1 rings (SSSR count). The van der Waals surface area contributed by atoms with E-state index in [2.05, 4.69) is 5.32 Å². The van der Waals surface area contributed by atoms with E-state index in [1.54, 1.807) is 23.9 Å². The van der Waals surface area contributed by atoms with Crippen LogP contribution in [-0.4, -0.2) is 33.5 Å². The molecule has 1 aromatic rings. The molecule has 5 heteroatoms. The fraction of sp³-hybridized carbons (Fsp3) is 0.571. The largest absolute Gasteiger partial charge is 0.394 e. The minimum absolute atomic E-state index is 0.0749. The van der Waals surface area contributed by atoms with E-state index >= 15 is 0 Å². The van der Waals surface area contributed by atoms with Gasteiger partial charge in [-0.25, -0.2) is 0 Å². The van der Waals surface area contributed by atoms with Gasteiger partial charge in [-0.3, -0.25) is 9.59 Å². The number of hydrogen-bond acceptors (Lipinski definition) is 3. The zero-order valence-electron chi connectivity index (χ0n) is 12.0. The summed E-state index contributed by atoms with van der Waals surface area (Å²) in [6, 6.07) is 1.57. The molecule has 19 heavy (non-hydrogen) atoms. The Balaban J connectivity index is 2.98. The molecule has 1 aromatic heterocycles. The van der Waals surface area contributed by atoms with Crippen molar-refractivity contribution in [2.24, 2.45) is 7.05 Å². The predicted octanol–water partition coefficient (Wildman–Crippen LogP) is 1.51. The number of nitrogens with zero attached hydrogens (tertiary/aromatic N) is 1. The van der Waals surface area contributed by atoms with Gasteiger partial charge in [-0.2, -0.15) is 0 Å². The molecule has 5 nitrogen and oxygen atoms in total. The molecule has 0 fully saturated rings. The molecule has 0 aliphatic rings. The van der Waals surface area contributed by atoms with Crippen molar-refractivity contribution < 1.29 is 14.7 Å². The average molecular weight is 266 g/mol. The third-order valence-corrected chi connectivity index (χ3v) is 3.68. The monoisotopic (exact) mass is 266 g/mol. The van der Waals surface area contributed by atoms with Gasteiger partial charge in [0.25, 0.3) is 5.91 Å². The second-order valence-electron chi connectivity index (χ2n) is 4.88. The Morgan fingerprint density at radius 3 is 2.32 bits per heavy atom. The van der Waals surface area contributed by atoms with E-state index in [0.717, 1.165) is 0 Å². The van der Waals surface area contributed by atoms with Crippen LogP contribution in [0.1, 0.15) is 54.5 Å². The van der Waals surface area contributed by atoms with Gasteiger partial charge in [0.15, 0.2) is 5.78 Å². The van der Waals surface area contributed by atoms with Crippen molar-refractivity contribution in [3.8, 4) is 0 Å². The zero-order valence-corrected chi connectivity index (χ0v) is 12.0. The molecule has 0 aliphatic heterocycles. The van der Waals surface area contributed by atoms with E-state index in [-0.39, 0.29) is 18.3 Å². The molecule has 0 unspecified atom stereocenters. The number of aliphatic hydroxyl groups excluding tert-OH is 1. The number of aromatic nitrogens is 1. The van der Waals surface area contributed by atoms with Crippen LogP contribution in [0.4, 0.5) is 0 Å². The number of rotatable bonds is 6. The summed E-state index contributed by atoms with van der Waals surface area (Å²) in [6.07, 6.45) is 2.93. The van der Waals surface area contributed by atoms with E-state index < -0.39 is 5.54 Å². The molecule has 1 amide bonds. The van der Waals surface area contributed by atoms with Gasteiger partial charge in [-0.1, -0.05) is 13.8 Å². The Kier molecular flexibility index (Phi) is 4.89. The SMILES string of the molecule is CCC(CC)(CO)NC(=O)c1cc(C(C)=O)cn1C. The number of carbonyl (C=O) groups is 2. The van der Waals surface area contributed by atoms with Crippen LogP contribution in [0.25, 0.3) is 0 Å². The third kappa shape index (κ3) is 3.23. The quantitative estimate of drug-likeness (QED) is 0.767. The molecule has 0 aliphatic carbocycles. The number of carbonyl (C=O) groups excluding carboxylic acids is 2. The van der Waals surface area contributed by atoms with Gasteiger partial charge in [0.2, 0.25) is 0 Å². The first kappa shape index (κ1) is 15.4. The normalized spacial score (nSPS) is 11.4. The summed E-state index contributed by atoms with van der Waals surface area (Å²) in [5.41, 5.74) is 0.331. The van der Waals surface area contributed by atoms with Gasteiger partial charge in [-0.15, -0.1) is 0 Å². The van der Waals surface area contributed by atoms with E-state index in [9.17, 15) is 14.7 Å². The smallest absolute Gasteiger partial charge is 0.268 e. The minimum atomic E-state index is -0.599. The maximum atomic E-state index is 12.2. The lowest BCUT2D eigenvalue weighted by molar-refractivity contribution is 0.0809. The van der Waals surface area contributed by atoms with Crippen LogP contribution in [0.15, 0.2) is 12.3 Å². The van der Waals surface area contributed by atoms with Crippen LogP contribution in [0.5, 0.6) is 0 Å². The highest BCUT2D eigenvalue weighted by atomic mass is 16.3. The van der Waals surface area contributed by atoms with Gasteiger partial charge >= 0.3 is 0 Å². The van der Waals surface area contributed by atoms with Crippen LogP contribution >= 0.6 is 0 Å². The Labute approximate surface area is 113 Å². The first-order chi connectivity index (χ1) is 8.89. The topological polar surface area (TPSA) is 71.3 Å². The highest BCUT2D eigenvalue weighted by Crippen LogP contribution is 2.16. The van der Waals surface area contributed by atoms with Crippen molar-refractivity contribution in [2.45, 2.75) is 39.2 Å². The molecule has 106 valence electrons. The van der Waals surface area contributed by atoms with Crippen LogP contribution < -0.4 is 5.32 Å². The lowest BCUT2D eigenvalue weighted by atomic mass is 9.93. The van der Waals surface area contributed by atoms with Crippen LogP contribution in [0.2, 0.25) is 0 Å². The molecule has 1 heterocycles. The van der Waals surface area contributed by atoms with Gasteiger partial charge in [0.05, 0.1) is 12.1 Å². The summed E-state index contributed by atoms with van der Waals surface area (Å²) in [4.78, 5) is 23.5. The predicted molar refractivity (Wildman–Crippen MR) is 73.3 cm³/mol. The summed E-state index contributed by atoms with van der Waals surface area (Å²) in [7, 11) is 1.72. The molecule has 0 bridgehead atoms. The van der Waals surface area contributed by atoms with Gasteiger partial charge in [-0.05, 0) is 25.8 Å². The molecular formula is C14H22N2O3. The van der Waals surface area contributed by atoms with Crippen LogP contribution in [0, 0.1) is 0 Å². The second kappa shape index (κ2) is 6.02. The standard InChI is InChI=1S/C14H22N2O3/c1-5-14(6-2,9-17)15-13(19)12-7-11(10(3)18)8-16(12)4/h7-8,17H,5-6,9H2,1-4H3,(H,15,19). The van der Waals surface area contributed by atoms with E-state index in [1.165, 1.54) is 6.92 Å². The Morgan fingerprint density at radius 2 is 1.95 bits per heavy atom. The van der Waals surface area contributed by atoms with Gasteiger partial charge in [0.1, 0.15) is 5.69 Å². The average Bonchev–Trinajstić information content (AvgIpc) is 2.78. The second-order valence-corrected chi connectivity index (χ2v) is 4.88. The summed E-state index contributed by atoms with van der Waals surface area (Å²) in [6.45, 7) is 5.21. The highest BCUT2D eigenvalue weighted by Gasteiger charge is 2.28. The third-order valence-electron chi connectivity index (χ3n) is 3.68. The Morgan fingerprint density at radius 1 is 1.37 bits per heavy atom. The zero-order chi connectivity index (χ0) is 14.6. The van der Waals surface area contributed by atoms with Gasteiger partial charge < -0.3 is 15.0 Å². The first-order valence-corrected chi connectivity index (χ1v) is 6.49. The number of hydrogen-bond donors (Lipinski definition) is 2. The number of Topliss-reactive ketones (excluding diaryl/α,β-unsaturated/α-hetero) is 1. The first-order valence-electron chi connectivity index (χ1n) is 6.49. The van der Waals surface area contributed by atoms with Crippen molar-refractivity contribution in [3.63, 3.8) is 0 Å². The maximum absolute atomic E-state index is 12.2. The number of ketones is 1. The van der Waals surface area contributed by atoms with Crippen LogP contribution in [0.3, 0.4) is 0 Å². The number of nitrogens with one attached hydrogen (secondary N) is 1. The fourth-order valence-electron chi connectivity index (χ4n) is 1.98. The lowest BCUT2D eigenvalue weighted by Gasteiger charge is -2.30. The lowest BCUT2D eigenvalue weighted by Crippen LogP contribution is -2.50. The number of aryl methyl sites for hydroxylation is 1. The summed E-state index contributed by atoms with van der Waals surface area (Å²) < 4.78 is 1.62. The minimum Gasteiger partial charge on any atom is -0.394 e. The molecule has 2 N–H and O–H groups in total. The summed E-state index contributed by atoms with van der Waals surface area (Å²) in [5, 5.41) is 12.3. The number of aliphatic hydroxyl groups is 1. The highest BCUT2D eigenvalue weighted by molar-refractivity contribution is 5.99. The van der Waals surface area contributed by atoms with Crippen molar-refractivity contribution in [1.82, 2.24) is 9.88 Å². The molecular weight excluding hydrogens is 244 g/mol. The van der Waals surface area contributed by atoms with Crippen molar-refractivity contribution in [2.75, 3.05) is 6.61 Å².